The van der Waals surface area contributed by atoms with Crippen LogP contribution in [0.2, 0.25) is 0 Å². The van der Waals surface area contributed by atoms with Crippen molar-refractivity contribution in [2.24, 2.45) is 0 Å². The van der Waals surface area contributed by atoms with Crippen LogP contribution in [-0.4, -0.2) is 0 Å². The van der Waals surface area contributed by atoms with Crippen molar-refractivity contribution in [2.75, 3.05) is 0 Å². The van der Waals surface area contributed by atoms with Crippen LogP contribution in [0.5, 0.6) is 0 Å². The van der Waals surface area contributed by atoms with Crippen molar-refractivity contribution in [1.82, 2.24) is 0 Å². The molecule has 0 nitrogen and oxygen atoms in total. The van der Waals surface area contributed by atoms with Crippen LogP contribution in [-0.2, 0) is 26.2 Å². The minimum Gasteiger partial charge on any atom is -0.269 e. The summed E-state index contributed by atoms with van der Waals surface area (Å²) in [7, 11) is 0. The van der Waals surface area contributed by atoms with Gasteiger partial charge >= 0.3 is 26.2 Å². The molecular formula is C16H22Zr. The molecule has 0 bridgehead atoms. The molecule has 0 unspecified atom stereocenters. The van der Waals surface area contributed by atoms with Gasteiger partial charge in [-0.2, -0.15) is 12.2 Å². The average Bonchev–Trinajstić information content (AvgIpc) is 2.92. The molecule has 0 radical (unpaired) electrons. The first-order chi connectivity index (χ1) is 7.86. The van der Waals surface area contributed by atoms with E-state index in [4.69, 9.17) is 0 Å². The molecule has 17 heavy (non-hydrogen) atoms. The molecule has 0 saturated carbocycles. The molecular weight excluding hydrogens is 283 g/mol. The van der Waals surface area contributed by atoms with Gasteiger partial charge in [0.1, 0.15) is 0 Å². The summed E-state index contributed by atoms with van der Waals surface area (Å²) in [5.74, 6) is 0. The first kappa shape index (κ1) is 16.8. The SMILES string of the molecule is CCCC1=[C-]CC=C1.CCCC1=[C-]CC=C1.[Zr+2]. The summed E-state index contributed by atoms with van der Waals surface area (Å²) in [6, 6.07) is 0. The second-order valence-electron chi connectivity index (χ2n) is 4.12. The van der Waals surface area contributed by atoms with Gasteiger partial charge in [0.2, 0.25) is 0 Å². The molecule has 0 N–H and O–H groups in total. The van der Waals surface area contributed by atoms with E-state index in [1.54, 1.807) is 0 Å². The Morgan fingerprint density at radius 3 is 1.53 bits per heavy atom. The fourth-order valence-corrected chi connectivity index (χ4v) is 1.78. The molecule has 0 spiro atoms. The number of rotatable bonds is 4. The van der Waals surface area contributed by atoms with Crippen molar-refractivity contribution in [3.05, 3.63) is 47.6 Å². The largest absolute Gasteiger partial charge is 2.00 e. The Morgan fingerprint density at radius 1 is 0.882 bits per heavy atom. The molecule has 2 aliphatic rings. The predicted molar refractivity (Wildman–Crippen MR) is 70.8 cm³/mol. The molecule has 2 aliphatic carbocycles. The molecule has 0 atom stereocenters. The normalized spacial score (nSPS) is 15.9. The number of allylic oxidation sites excluding steroid dienone is 8. The third-order valence-electron chi connectivity index (χ3n) is 2.57. The third kappa shape index (κ3) is 7.71. The Balaban J connectivity index is 0.000000284. The maximum Gasteiger partial charge on any atom is 2.00 e. The Morgan fingerprint density at radius 2 is 1.29 bits per heavy atom. The zero-order valence-corrected chi connectivity index (χ0v) is 13.5. The second kappa shape index (κ2) is 11.0. The van der Waals surface area contributed by atoms with E-state index < -0.39 is 0 Å². The molecule has 0 aromatic carbocycles. The Labute approximate surface area is 126 Å². The second-order valence-corrected chi connectivity index (χ2v) is 4.12. The molecule has 1 heteroatoms. The van der Waals surface area contributed by atoms with E-state index in [1.165, 1.54) is 36.8 Å². The van der Waals surface area contributed by atoms with Gasteiger partial charge in [0.25, 0.3) is 0 Å². The molecule has 0 heterocycles. The fourth-order valence-electron chi connectivity index (χ4n) is 1.78. The first-order valence-electron chi connectivity index (χ1n) is 6.39. The van der Waals surface area contributed by atoms with Gasteiger partial charge < -0.3 is 0 Å². The van der Waals surface area contributed by atoms with E-state index in [1.807, 2.05) is 0 Å². The van der Waals surface area contributed by atoms with Gasteiger partial charge in [-0.25, -0.2) is 23.3 Å². The minimum atomic E-state index is 0. The van der Waals surface area contributed by atoms with Gasteiger partial charge in [-0.1, -0.05) is 39.5 Å². The summed E-state index contributed by atoms with van der Waals surface area (Å²) in [6.45, 7) is 4.39. The van der Waals surface area contributed by atoms with Crippen LogP contribution in [0.4, 0.5) is 0 Å². The summed E-state index contributed by atoms with van der Waals surface area (Å²) in [5, 5.41) is 0. The number of hydrogen-bond donors (Lipinski definition) is 0. The van der Waals surface area contributed by atoms with Crippen molar-refractivity contribution in [3.8, 4) is 0 Å². The van der Waals surface area contributed by atoms with E-state index in [-0.39, 0.29) is 26.2 Å². The zero-order valence-electron chi connectivity index (χ0n) is 11.1. The van der Waals surface area contributed by atoms with Crippen molar-refractivity contribution < 1.29 is 26.2 Å². The molecule has 0 aromatic rings. The van der Waals surface area contributed by atoms with Gasteiger partial charge in [0.05, 0.1) is 0 Å². The predicted octanol–water partition coefficient (Wildman–Crippen LogP) is 4.95. The van der Waals surface area contributed by atoms with E-state index >= 15 is 0 Å². The summed E-state index contributed by atoms with van der Waals surface area (Å²) in [4.78, 5) is 0. The van der Waals surface area contributed by atoms with Crippen LogP contribution >= 0.6 is 0 Å². The van der Waals surface area contributed by atoms with E-state index in [9.17, 15) is 0 Å². The molecule has 0 aliphatic heterocycles. The van der Waals surface area contributed by atoms with Crippen LogP contribution < -0.4 is 0 Å². The van der Waals surface area contributed by atoms with Crippen molar-refractivity contribution in [1.29, 1.82) is 0 Å². The zero-order chi connectivity index (χ0) is 11.6. The maximum atomic E-state index is 3.26. The molecule has 0 saturated heterocycles. The van der Waals surface area contributed by atoms with Crippen LogP contribution in [0.15, 0.2) is 35.5 Å². The van der Waals surface area contributed by atoms with Crippen molar-refractivity contribution in [3.63, 3.8) is 0 Å². The van der Waals surface area contributed by atoms with Gasteiger partial charge in [-0.05, 0) is 0 Å². The van der Waals surface area contributed by atoms with Crippen molar-refractivity contribution >= 4 is 0 Å². The monoisotopic (exact) mass is 304 g/mol. The molecule has 90 valence electrons. The molecule has 0 amide bonds. The third-order valence-corrected chi connectivity index (χ3v) is 2.57. The minimum absolute atomic E-state index is 0. The van der Waals surface area contributed by atoms with Crippen LogP contribution in [0.25, 0.3) is 0 Å². The van der Waals surface area contributed by atoms with Crippen LogP contribution in [0.3, 0.4) is 0 Å². The maximum absolute atomic E-state index is 3.26. The summed E-state index contributed by atoms with van der Waals surface area (Å²) in [6.07, 6.45) is 22.2. The number of hydrogen-bond acceptors (Lipinski definition) is 0. The van der Waals surface area contributed by atoms with Gasteiger partial charge in [-0.3, -0.25) is 12.2 Å². The first-order valence-corrected chi connectivity index (χ1v) is 6.39. The van der Waals surface area contributed by atoms with Crippen LogP contribution in [0.1, 0.15) is 52.4 Å². The van der Waals surface area contributed by atoms with Crippen molar-refractivity contribution in [2.45, 2.75) is 52.4 Å². The Kier molecular flexibility index (Phi) is 10.9. The summed E-state index contributed by atoms with van der Waals surface area (Å²) >= 11 is 0. The summed E-state index contributed by atoms with van der Waals surface area (Å²) < 4.78 is 0. The molecule has 0 aromatic heterocycles. The Bertz CT molecular complexity index is 273. The van der Waals surface area contributed by atoms with Crippen LogP contribution in [0, 0.1) is 12.2 Å². The van der Waals surface area contributed by atoms with E-state index in [0.29, 0.717) is 0 Å². The average molecular weight is 306 g/mol. The topological polar surface area (TPSA) is 0 Å². The Hall–Kier alpha value is -0.157. The van der Waals surface area contributed by atoms with Gasteiger partial charge in [-0.15, -0.1) is 12.8 Å². The standard InChI is InChI=1S/2C8H11.Zr/c2*1-2-5-8-6-3-4-7-8;/h2*3,6H,2,4-5H2,1H3;/q2*-1;+2. The molecule has 2 rings (SSSR count). The molecule has 0 fully saturated rings. The van der Waals surface area contributed by atoms with Gasteiger partial charge in [0, 0.05) is 0 Å². The van der Waals surface area contributed by atoms with Gasteiger partial charge in [0.15, 0.2) is 0 Å². The quantitative estimate of drug-likeness (QED) is 0.645. The smallest absolute Gasteiger partial charge is 0.269 e. The van der Waals surface area contributed by atoms with E-state index in [0.717, 1.165) is 12.8 Å². The van der Waals surface area contributed by atoms with E-state index in [2.05, 4.69) is 50.3 Å². The fraction of sp³-hybridized carbons (Fsp3) is 0.500. The summed E-state index contributed by atoms with van der Waals surface area (Å²) in [5.41, 5.74) is 2.79.